The topological polar surface area (TPSA) is 93.3 Å². The van der Waals surface area contributed by atoms with Crippen molar-refractivity contribution in [1.29, 1.82) is 0 Å². The third-order valence-corrected chi connectivity index (χ3v) is 4.18. The normalized spacial score (nSPS) is 10.8. The first kappa shape index (κ1) is 20.0. The van der Waals surface area contributed by atoms with Crippen molar-refractivity contribution in [3.8, 4) is 5.75 Å². The molecular formula is C18H23N3O4S. The molecule has 0 radical (unpaired) electrons. The molecule has 26 heavy (non-hydrogen) atoms. The minimum Gasteiger partial charge on any atom is -0.495 e. The van der Waals surface area contributed by atoms with Gasteiger partial charge in [-0.3, -0.25) is 9.59 Å². The van der Waals surface area contributed by atoms with Gasteiger partial charge >= 0.3 is 0 Å². The van der Waals surface area contributed by atoms with Gasteiger partial charge in [0.15, 0.2) is 5.16 Å². The molecule has 0 spiro atoms. The quantitative estimate of drug-likeness (QED) is 0.543. The monoisotopic (exact) mass is 377 g/mol. The highest BCUT2D eigenvalue weighted by Crippen LogP contribution is 2.25. The van der Waals surface area contributed by atoms with Gasteiger partial charge in [0, 0.05) is 6.07 Å². The zero-order valence-electron chi connectivity index (χ0n) is 15.3. The lowest BCUT2D eigenvalue weighted by atomic mass is 10.2. The average Bonchev–Trinajstić information content (AvgIpc) is 2.58. The number of anilines is 1. The van der Waals surface area contributed by atoms with Crippen molar-refractivity contribution in [2.45, 2.75) is 38.6 Å². The number of hydrogen-bond donors (Lipinski definition) is 2. The number of H-pyrrole nitrogens is 1. The number of carbonyl (C=O) groups is 1. The maximum Gasteiger partial charge on any atom is 0.251 e. The molecule has 0 aliphatic heterocycles. The number of ether oxygens (including phenoxy) is 2. The third-order valence-electron chi connectivity index (χ3n) is 3.31. The van der Waals surface area contributed by atoms with Gasteiger partial charge in [-0.1, -0.05) is 17.8 Å². The molecule has 0 aliphatic rings. The molecule has 1 aromatic carbocycles. The lowest BCUT2D eigenvalue weighted by molar-refractivity contribution is -0.113. The van der Waals surface area contributed by atoms with Gasteiger partial charge in [0.1, 0.15) is 5.75 Å². The summed E-state index contributed by atoms with van der Waals surface area (Å²) in [6.07, 6.45) is 0.0438. The predicted molar refractivity (Wildman–Crippen MR) is 102 cm³/mol. The summed E-state index contributed by atoms with van der Waals surface area (Å²) in [6.45, 7) is 6.00. The second-order valence-corrected chi connectivity index (χ2v) is 6.91. The molecule has 0 saturated heterocycles. The predicted octanol–water partition coefficient (Wildman–Crippen LogP) is 2.74. The molecule has 1 amide bonds. The molecule has 0 atom stereocenters. The third kappa shape index (κ3) is 6.20. The zero-order valence-corrected chi connectivity index (χ0v) is 16.1. The van der Waals surface area contributed by atoms with Gasteiger partial charge in [-0.25, -0.2) is 4.98 Å². The molecule has 7 nitrogen and oxygen atoms in total. The molecule has 0 bridgehead atoms. The van der Waals surface area contributed by atoms with Crippen LogP contribution in [0.4, 0.5) is 5.69 Å². The summed E-state index contributed by atoms with van der Waals surface area (Å²) in [4.78, 5) is 30.9. The number of benzene rings is 1. The summed E-state index contributed by atoms with van der Waals surface area (Å²) in [5.41, 5.74) is 1.88. The van der Waals surface area contributed by atoms with Crippen LogP contribution in [0.1, 0.15) is 25.1 Å². The van der Waals surface area contributed by atoms with Crippen molar-refractivity contribution < 1.29 is 14.3 Å². The summed E-state index contributed by atoms with van der Waals surface area (Å²) in [6, 6.07) is 6.94. The Morgan fingerprint density at radius 1 is 1.35 bits per heavy atom. The fraction of sp³-hybridized carbons (Fsp3) is 0.389. The van der Waals surface area contributed by atoms with Crippen molar-refractivity contribution in [2.75, 3.05) is 18.2 Å². The summed E-state index contributed by atoms with van der Waals surface area (Å²) in [5.74, 6) is 0.479. The molecule has 140 valence electrons. The Bertz CT molecular complexity index is 820. The number of aryl methyl sites for hydroxylation is 1. The summed E-state index contributed by atoms with van der Waals surface area (Å²) < 4.78 is 10.7. The van der Waals surface area contributed by atoms with Gasteiger partial charge in [0.2, 0.25) is 5.91 Å². The lowest BCUT2D eigenvalue weighted by Gasteiger charge is -2.11. The Morgan fingerprint density at radius 3 is 2.81 bits per heavy atom. The standard InChI is InChI=1S/C18H23N3O4S/c1-11(2)25-9-13-8-16(22)21-18(19-13)26-10-17(23)20-14-7-12(3)5-6-15(14)24-4/h5-8,11H,9-10H2,1-4H3,(H,20,23)(H,19,21,22). The Morgan fingerprint density at radius 2 is 2.12 bits per heavy atom. The molecule has 0 fully saturated rings. The molecule has 2 rings (SSSR count). The van der Waals surface area contributed by atoms with Crippen LogP contribution < -0.4 is 15.6 Å². The molecular weight excluding hydrogens is 354 g/mol. The van der Waals surface area contributed by atoms with Crippen molar-refractivity contribution in [2.24, 2.45) is 0 Å². The van der Waals surface area contributed by atoms with E-state index in [4.69, 9.17) is 9.47 Å². The van der Waals surface area contributed by atoms with E-state index in [1.165, 1.54) is 6.07 Å². The van der Waals surface area contributed by atoms with E-state index in [1.54, 1.807) is 13.2 Å². The van der Waals surface area contributed by atoms with Crippen LogP contribution in [0.25, 0.3) is 0 Å². The highest BCUT2D eigenvalue weighted by atomic mass is 32.2. The van der Waals surface area contributed by atoms with Crippen LogP contribution in [-0.4, -0.2) is 34.8 Å². The number of aromatic amines is 1. The number of methoxy groups -OCH3 is 1. The Hall–Kier alpha value is -2.32. The van der Waals surface area contributed by atoms with E-state index in [1.807, 2.05) is 32.9 Å². The first-order valence-corrected chi connectivity index (χ1v) is 9.15. The fourth-order valence-corrected chi connectivity index (χ4v) is 2.81. The van der Waals surface area contributed by atoms with Gasteiger partial charge in [-0.05, 0) is 38.5 Å². The highest BCUT2D eigenvalue weighted by Gasteiger charge is 2.10. The molecule has 2 aromatic rings. The van der Waals surface area contributed by atoms with Gasteiger partial charge in [-0.15, -0.1) is 0 Å². The first-order valence-electron chi connectivity index (χ1n) is 8.16. The molecule has 0 saturated carbocycles. The van der Waals surface area contributed by atoms with Crippen LogP contribution in [0, 0.1) is 6.92 Å². The fourth-order valence-electron chi connectivity index (χ4n) is 2.12. The SMILES string of the molecule is COc1ccc(C)cc1NC(=O)CSc1nc(COC(C)C)cc(=O)[nH]1. The first-order chi connectivity index (χ1) is 12.4. The van der Waals surface area contributed by atoms with E-state index < -0.39 is 0 Å². The smallest absolute Gasteiger partial charge is 0.251 e. The van der Waals surface area contributed by atoms with Crippen LogP contribution in [0.5, 0.6) is 5.75 Å². The van der Waals surface area contributed by atoms with Crippen molar-refractivity contribution in [1.82, 2.24) is 9.97 Å². The van der Waals surface area contributed by atoms with Crippen LogP contribution in [-0.2, 0) is 16.1 Å². The maximum atomic E-state index is 12.2. The molecule has 8 heteroatoms. The van der Waals surface area contributed by atoms with Gasteiger partial charge in [0.05, 0.1) is 37.0 Å². The van der Waals surface area contributed by atoms with Gasteiger partial charge < -0.3 is 19.8 Å². The van der Waals surface area contributed by atoms with E-state index in [0.29, 0.717) is 22.3 Å². The molecule has 2 N–H and O–H groups in total. The maximum absolute atomic E-state index is 12.2. The minimum atomic E-state index is -0.273. The molecule has 1 heterocycles. The van der Waals surface area contributed by atoms with Crippen molar-refractivity contribution in [3.05, 3.63) is 45.9 Å². The number of thioether (sulfide) groups is 1. The number of hydrogen-bond acceptors (Lipinski definition) is 6. The van der Waals surface area contributed by atoms with E-state index >= 15 is 0 Å². The van der Waals surface area contributed by atoms with E-state index in [9.17, 15) is 9.59 Å². The average molecular weight is 377 g/mol. The van der Waals surface area contributed by atoms with Crippen LogP contribution >= 0.6 is 11.8 Å². The lowest BCUT2D eigenvalue weighted by Crippen LogP contribution is -2.17. The molecule has 0 aliphatic carbocycles. The summed E-state index contributed by atoms with van der Waals surface area (Å²) in [5, 5.41) is 3.19. The Balaban J connectivity index is 1.99. The van der Waals surface area contributed by atoms with Gasteiger partial charge in [-0.2, -0.15) is 0 Å². The van der Waals surface area contributed by atoms with Crippen LogP contribution in [0.2, 0.25) is 0 Å². The number of nitrogens with one attached hydrogen (secondary N) is 2. The number of rotatable bonds is 8. The number of aromatic nitrogens is 2. The van der Waals surface area contributed by atoms with Crippen molar-refractivity contribution in [3.63, 3.8) is 0 Å². The van der Waals surface area contributed by atoms with E-state index in [2.05, 4.69) is 15.3 Å². The molecule has 0 unspecified atom stereocenters. The number of carbonyl (C=O) groups excluding carboxylic acids is 1. The largest absolute Gasteiger partial charge is 0.495 e. The zero-order chi connectivity index (χ0) is 19.1. The van der Waals surface area contributed by atoms with E-state index in [0.717, 1.165) is 17.3 Å². The minimum absolute atomic E-state index is 0.0438. The van der Waals surface area contributed by atoms with Crippen LogP contribution in [0.3, 0.4) is 0 Å². The highest BCUT2D eigenvalue weighted by molar-refractivity contribution is 7.99. The van der Waals surface area contributed by atoms with E-state index in [-0.39, 0.29) is 29.9 Å². The Labute approximate surface area is 156 Å². The summed E-state index contributed by atoms with van der Waals surface area (Å²) >= 11 is 1.15. The van der Waals surface area contributed by atoms with Crippen molar-refractivity contribution >= 4 is 23.4 Å². The number of amides is 1. The summed E-state index contributed by atoms with van der Waals surface area (Å²) in [7, 11) is 1.55. The number of nitrogens with zero attached hydrogens (tertiary/aromatic N) is 1. The Kier molecular flexibility index (Phi) is 7.23. The van der Waals surface area contributed by atoms with Crippen LogP contribution in [0.15, 0.2) is 34.2 Å². The second kappa shape index (κ2) is 9.40. The molecule has 1 aromatic heterocycles. The second-order valence-electron chi connectivity index (χ2n) is 5.94. The van der Waals surface area contributed by atoms with Gasteiger partial charge in [0.25, 0.3) is 5.56 Å².